The quantitative estimate of drug-likeness (QED) is 0.511. The second kappa shape index (κ2) is 9.91. The molecule has 5 heteroatoms. The van der Waals surface area contributed by atoms with Gasteiger partial charge in [0.25, 0.3) is 0 Å². The molecule has 1 atom stereocenters. The number of aliphatic hydroxyl groups is 1. The number of rotatable bonds is 5. The number of halogens is 2. The fourth-order valence-electron chi connectivity index (χ4n) is 3.23. The predicted molar refractivity (Wildman–Crippen MR) is 112 cm³/mol. The van der Waals surface area contributed by atoms with E-state index in [1.807, 2.05) is 18.2 Å². The van der Waals surface area contributed by atoms with Crippen molar-refractivity contribution in [2.24, 2.45) is 5.92 Å². The zero-order valence-electron chi connectivity index (χ0n) is 14.5. The molecule has 1 saturated heterocycles. The number of likely N-dealkylation sites (tertiary alicyclic amines) is 1. The largest absolute Gasteiger partial charge is 0.507 e. The van der Waals surface area contributed by atoms with Crippen molar-refractivity contribution in [2.75, 3.05) is 13.1 Å². The summed E-state index contributed by atoms with van der Waals surface area (Å²) >= 11 is 5.85. The third kappa shape index (κ3) is 5.70. The van der Waals surface area contributed by atoms with Crippen LogP contribution in [-0.4, -0.2) is 28.9 Å². The number of allylic oxidation sites excluding steroid dienone is 1. The van der Waals surface area contributed by atoms with Gasteiger partial charge in [0.1, 0.15) is 5.76 Å². The van der Waals surface area contributed by atoms with Crippen molar-refractivity contribution in [2.45, 2.75) is 19.4 Å². The first-order valence-electron chi connectivity index (χ1n) is 8.58. The van der Waals surface area contributed by atoms with Crippen LogP contribution in [0, 0.1) is 5.92 Å². The molecule has 0 spiro atoms. The van der Waals surface area contributed by atoms with Crippen LogP contribution in [0.5, 0.6) is 0 Å². The van der Waals surface area contributed by atoms with Crippen LogP contribution < -0.4 is 0 Å². The third-order valence-electron chi connectivity index (χ3n) is 4.58. The maximum Gasteiger partial charge on any atom is 0.163 e. The molecule has 2 aromatic carbocycles. The Labute approximate surface area is 170 Å². The van der Waals surface area contributed by atoms with Crippen molar-refractivity contribution < 1.29 is 9.90 Å². The molecule has 0 aromatic heterocycles. The maximum absolute atomic E-state index is 12.6. The SMILES string of the molecule is Br.O=C(/C=C(/O)c1ccc(Cl)cc1)C1CCCN(Cc2ccccc2)C1. The summed E-state index contributed by atoms with van der Waals surface area (Å²) in [5, 5.41) is 10.8. The summed E-state index contributed by atoms with van der Waals surface area (Å²) < 4.78 is 0. The lowest BCUT2D eigenvalue weighted by molar-refractivity contribution is -0.119. The van der Waals surface area contributed by atoms with Crippen LogP contribution in [-0.2, 0) is 11.3 Å². The van der Waals surface area contributed by atoms with Crippen LogP contribution in [0.4, 0.5) is 0 Å². The molecule has 3 rings (SSSR count). The molecule has 0 bridgehead atoms. The van der Waals surface area contributed by atoms with E-state index in [0.29, 0.717) is 10.6 Å². The van der Waals surface area contributed by atoms with Crippen molar-refractivity contribution in [1.29, 1.82) is 0 Å². The Bertz CT molecular complexity index is 746. The first-order chi connectivity index (χ1) is 12.1. The standard InChI is InChI=1S/C21H22ClNO2.BrH/c22-19-10-8-17(9-11-19)20(24)13-21(25)18-7-4-12-23(15-18)14-16-5-2-1-3-6-16;/h1-3,5-6,8-11,13,18,24H,4,7,12,14-15H2;1H/b20-13+;. The van der Waals surface area contributed by atoms with Gasteiger partial charge in [0.15, 0.2) is 5.78 Å². The Kier molecular flexibility index (Phi) is 7.88. The molecule has 1 unspecified atom stereocenters. The molecule has 0 aliphatic carbocycles. The van der Waals surface area contributed by atoms with Gasteiger partial charge in [-0.15, -0.1) is 17.0 Å². The number of aliphatic hydroxyl groups excluding tert-OH is 1. The topological polar surface area (TPSA) is 40.5 Å². The van der Waals surface area contributed by atoms with Gasteiger partial charge in [0.05, 0.1) is 0 Å². The average Bonchev–Trinajstić information content (AvgIpc) is 2.63. The second-order valence-electron chi connectivity index (χ2n) is 6.50. The van der Waals surface area contributed by atoms with Gasteiger partial charge in [0.2, 0.25) is 0 Å². The van der Waals surface area contributed by atoms with Gasteiger partial charge >= 0.3 is 0 Å². The zero-order valence-corrected chi connectivity index (χ0v) is 16.9. The first-order valence-corrected chi connectivity index (χ1v) is 8.96. The van der Waals surface area contributed by atoms with Crippen LogP contribution in [0.25, 0.3) is 5.76 Å². The molecule has 1 aliphatic heterocycles. The van der Waals surface area contributed by atoms with E-state index in [2.05, 4.69) is 17.0 Å². The number of piperidine rings is 1. The Morgan fingerprint density at radius 3 is 2.54 bits per heavy atom. The Balaban J connectivity index is 0.00000243. The van der Waals surface area contributed by atoms with Crippen molar-refractivity contribution in [3.63, 3.8) is 0 Å². The van der Waals surface area contributed by atoms with E-state index in [1.165, 1.54) is 11.6 Å². The molecular weight excluding hydrogens is 414 g/mol. The lowest BCUT2D eigenvalue weighted by atomic mass is 9.92. The van der Waals surface area contributed by atoms with Crippen molar-refractivity contribution in [3.05, 3.63) is 76.8 Å². The fourth-order valence-corrected chi connectivity index (χ4v) is 3.36. The summed E-state index contributed by atoms with van der Waals surface area (Å²) in [6, 6.07) is 17.1. The molecule has 2 aromatic rings. The summed E-state index contributed by atoms with van der Waals surface area (Å²) in [4.78, 5) is 14.9. The average molecular weight is 437 g/mol. The Morgan fingerprint density at radius 2 is 1.85 bits per heavy atom. The van der Waals surface area contributed by atoms with Crippen molar-refractivity contribution in [3.8, 4) is 0 Å². The van der Waals surface area contributed by atoms with E-state index in [0.717, 1.165) is 32.5 Å². The monoisotopic (exact) mass is 435 g/mol. The van der Waals surface area contributed by atoms with E-state index in [4.69, 9.17) is 11.6 Å². The summed E-state index contributed by atoms with van der Waals surface area (Å²) in [7, 11) is 0. The highest BCUT2D eigenvalue weighted by molar-refractivity contribution is 8.93. The fraction of sp³-hybridized carbons (Fsp3) is 0.286. The number of hydrogen-bond donors (Lipinski definition) is 1. The number of carbonyl (C=O) groups is 1. The van der Waals surface area contributed by atoms with Crippen molar-refractivity contribution >= 4 is 40.1 Å². The van der Waals surface area contributed by atoms with E-state index >= 15 is 0 Å². The van der Waals surface area contributed by atoms with E-state index in [9.17, 15) is 9.90 Å². The van der Waals surface area contributed by atoms with Gasteiger partial charge in [0, 0.05) is 35.7 Å². The van der Waals surface area contributed by atoms with Crippen LogP contribution >= 0.6 is 28.6 Å². The molecule has 26 heavy (non-hydrogen) atoms. The number of carbonyl (C=O) groups excluding carboxylic acids is 1. The van der Waals surface area contributed by atoms with Gasteiger partial charge in [-0.3, -0.25) is 9.69 Å². The number of ketones is 1. The van der Waals surface area contributed by atoms with Crippen LogP contribution in [0.3, 0.4) is 0 Å². The third-order valence-corrected chi connectivity index (χ3v) is 4.83. The zero-order chi connectivity index (χ0) is 17.6. The summed E-state index contributed by atoms with van der Waals surface area (Å²) in [5.41, 5.74) is 1.87. The van der Waals surface area contributed by atoms with Gasteiger partial charge in [-0.1, -0.05) is 41.9 Å². The smallest absolute Gasteiger partial charge is 0.163 e. The first kappa shape index (κ1) is 20.7. The number of hydrogen-bond acceptors (Lipinski definition) is 3. The highest BCUT2D eigenvalue weighted by Gasteiger charge is 2.25. The predicted octanol–water partition coefficient (Wildman–Crippen LogP) is 5.30. The molecule has 0 radical (unpaired) electrons. The normalized spacial score (nSPS) is 18.2. The summed E-state index contributed by atoms with van der Waals surface area (Å²) in [5.74, 6) is -0.0704. The minimum Gasteiger partial charge on any atom is -0.507 e. The Hall–Kier alpha value is -1.62. The molecule has 1 aliphatic rings. The van der Waals surface area contributed by atoms with Gasteiger partial charge < -0.3 is 5.11 Å². The minimum atomic E-state index is -0.0630. The molecule has 0 saturated carbocycles. The molecular formula is C21H23BrClNO2. The molecule has 3 nitrogen and oxygen atoms in total. The highest BCUT2D eigenvalue weighted by atomic mass is 79.9. The second-order valence-corrected chi connectivity index (χ2v) is 6.94. The number of nitrogens with zero attached hydrogens (tertiary/aromatic N) is 1. The highest BCUT2D eigenvalue weighted by Crippen LogP contribution is 2.22. The van der Waals surface area contributed by atoms with Crippen LogP contribution in [0.2, 0.25) is 5.02 Å². The lowest BCUT2D eigenvalue weighted by Gasteiger charge is -2.31. The van der Waals surface area contributed by atoms with E-state index in [1.54, 1.807) is 24.3 Å². The molecule has 138 valence electrons. The number of benzene rings is 2. The van der Waals surface area contributed by atoms with Crippen LogP contribution in [0.15, 0.2) is 60.7 Å². The summed E-state index contributed by atoms with van der Waals surface area (Å²) in [6.07, 6.45) is 3.23. The van der Waals surface area contributed by atoms with E-state index < -0.39 is 0 Å². The lowest BCUT2D eigenvalue weighted by Crippen LogP contribution is -2.37. The van der Waals surface area contributed by atoms with Gasteiger partial charge in [-0.25, -0.2) is 0 Å². The summed E-state index contributed by atoms with van der Waals surface area (Å²) in [6.45, 7) is 2.60. The van der Waals surface area contributed by atoms with E-state index in [-0.39, 0.29) is 34.4 Å². The van der Waals surface area contributed by atoms with Gasteiger partial charge in [-0.05, 0) is 49.2 Å². The molecule has 1 N–H and O–H groups in total. The minimum absolute atomic E-state index is 0. The Morgan fingerprint density at radius 1 is 1.15 bits per heavy atom. The molecule has 0 amide bonds. The molecule has 1 fully saturated rings. The maximum atomic E-state index is 12.6. The van der Waals surface area contributed by atoms with Crippen molar-refractivity contribution in [1.82, 2.24) is 4.90 Å². The van der Waals surface area contributed by atoms with Crippen LogP contribution in [0.1, 0.15) is 24.0 Å². The van der Waals surface area contributed by atoms with Gasteiger partial charge in [-0.2, -0.15) is 0 Å². The molecule has 1 heterocycles.